The highest BCUT2D eigenvalue weighted by Gasteiger charge is 2.08. The lowest BCUT2D eigenvalue weighted by Crippen LogP contribution is -2.01. The molecule has 1 atom stereocenters. The van der Waals surface area contributed by atoms with E-state index < -0.39 is 0 Å². The van der Waals surface area contributed by atoms with Gasteiger partial charge in [0.15, 0.2) is 6.29 Å². The summed E-state index contributed by atoms with van der Waals surface area (Å²) in [5.74, 6) is 6.21. The highest BCUT2D eigenvalue weighted by molar-refractivity contribution is 9.09. The normalized spacial score (nSPS) is 19.6. The van der Waals surface area contributed by atoms with Crippen LogP contribution in [0, 0.1) is 11.8 Å². The number of rotatable bonds is 1. The molecule has 0 radical (unpaired) electrons. The lowest BCUT2D eigenvalue weighted by Gasteiger charge is -2.11. The first-order valence-corrected chi connectivity index (χ1v) is 6.20. The summed E-state index contributed by atoms with van der Waals surface area (Å²) in [5, 5.41) is 0. The number of aromatic amines is 1. The van der Waals surface area contributed by atoms with Crippen LogP contribution < -0.4 is 0 Å². The minimum atomic E-state index is 0.460. The first-order chi connectivity index (χ1) is 7.78. The average molecular weight is 278 g/mol. The Morgan fingerprint density at radius 2 is 2.38 bits per heavy atom. The van der Waals surface area contributed by atoms with Crippen LogP contribution in [-0.4, -0.2) is 16.1 Å². The number of alkyl halides is 1. The Morgan fingerprint density at radius 1 is 1.50 bits per heavy atom. The van der Waals surface area contributed by atoms with Crippen molar-refractivity contribution in [2.24, 2.45) is 0 Å². The summed E-state index contributed by atoms with van der Waals surface area (Å²) in [6.45, 7) is 0. The number of carbonyl (C=O) groups is 1. The summed E-state index contributed by atoms with van der Waals surface area (Å²) >= 11 is 3.57. The van der Waals surface area contributed by atoms with E-state index in [1.54, 1.807) is 12.3 Å². The van der Waals surface area contributed by atoms with Crippen LogP contribution in [0.5, 0.6) is 0 Å². The number of aromatic nitrogens is 1. The van der Waals surface area contributed by atoms with Gasteiger partial charge in [-0.25, -0.2) is 0 Å². The van der Waals surface area contributed by atoms with Crippen LogP contribution in [0.3, 0.4) is 0 Å². The molecule has 1 aliphatic carbocycles. The van der Waals surface area contributed by atoms with Gasteiger partial charge in [0, 0.05) is 16.6 Å². The fraction of sp³-hybridized carbons (Fsp3) is 0.308. The zero-order valence-corrected chi connectivity index (χ0v) is 10.4. The van der Waals surface area contributed by atoms with Gasteiger partial charge >= 0.3 is 0 Å². The van der Waals surface area contributed by atoms with Crippen molar-refractivity contribution in [1.82, 2.24) is 4.98 Å². The molecule has 3 heteroatoms. The van der Waals surface area contributed by atoms with E-state index >= 15 is 0 Å². The molecule has 1 unspecified atom stereocenters. The molecule has 1 heterocycles. The molecular weight excluding hydrogens is 266 g/mol. The number of hydrogen-bond donors (Lipinski definition) is 1. The first-order valence-electron chi connectivity index (χ1n) is 5.28. The molecule has 1 aromatic rings. The highest BCUT2D eigenvalue weighted by Crippen LogP contribution is 2.22. The van der Waals surface area contributed by atoms with Crippen LogP contribution >= 0.6 is 15.9 Å². The van der Waals surface area contributed by atoms with Gasteiger partial charge in [0.05, 0.1) is 5.69 Å². The van der Waals surface area contributed by atoms with E-state index in [4.69, 9.17) is 0 Å². The number of nitrogens with one attached hydrogen (secondary N) is 1. The minimum absolute atomic E-state index is 0.460. The Hall–Kier alpha value is -1.27. The molecule has 16 heavy (non-hydrogen) atoms. The second-order valence-corrected chi connectivity index (χ2v) is 4.99. The van der Waals surface area contributed by atoms with Gasteiger partial charge in [-0.3, -0.25) is 4.79 Å². The third-order valence-electron chi connectivity index (χ3n) is 2.51. The number of halogens is 1. The van der Waals surface area contributed by atoms with Crippen molar-refractivity contribution in [1.29, 1.82) is 0 Å². The van der Waals surface area contributed by atoms with Gasteiger partial charge in [-0.2, -0.15) is 0 Å². The molecule has 1 aromatic heterocycles. The number of aldehydes is 1. The molecule has 0 spiro atoms. The fourth-order valence-corrected chi connectivity index (χ4v) is 2.32. The largest absolute Gasteiger partial charge is 0.358 e. The van der Waals surface area contributed by atoms with Gasteiger partial charge in [-0.15, -0.1) is 0 Å². The molecule has 0 saturated heterocycles. The molecule has 0 fully saturated rings. The highest BCUT2D eigenvalue weighted by atomic mass is 79.9. The van der Waals surface area contributed by atoms with Gasteiger partial charge in [0.2, 0.25) is 0 Å². The standard InChI is InChI=1S/C13H12BrNO/c14-12-3-1-2-10(6-12)4-5-11-7-13(9-16)15-8-11/h6-9,12,15H,1-3H2. The van der Waals surface area contributed by atoms with Gasteiger partial charge in [-0.05, 0) is 30.9 Å². The molecule has 2 rings (SSSR count). The number of carbonyl (C=O) groups excluding carboxylic acids is 1. The molecular formula is C13H12BrNO. The van der Waals surface area contributed by atoms with Crippen LogP contribution in [-0.2, 0) is 0 Å². The van der Waals surface area contributed by atoms with Crippen LogP contribution in [0.1, 0.15) is 35.3 Å². The molecule has 82 valence electrons. The van der Waals surface area contributed by atoms with E-state index in [0.717, 1.165) is 18.3 Å². The smallest absolute Gasteiger partial charge is 0.166 e. The molecule has 1 N–H and O–H groups in total. The van der Waals surface area contributed by atoms with Crippen molar-refractivity contribution < 1.29 is 4.79 Å². The number of hydrogen-bond acceptors (Lipinski definition) is 1. The summed E-state index contributed by atoms with van der Waals surface area (Å²) < 4.78 is 0. The third-order valence-corrected chi connectivity index (χ3v) is 3.23. The van der Waals surface area contributed by atoms with E-state index in [0.29, 0.717) is 10.5 Å². The number of H-pyrrole nitrogens is 1. The quantitative estimate of drug-likeness (QED) is 0.478. The Bertz CT molecular complexity index is 476. The molecule has 1 aliphatic rings. The first kappa shape index (κ1) is 11.2. The van der Waals surface area contributed by atoms with Crippen molar-refractivity contribution in [3.63, 3.8) is 0 Å². The van der Waals surface area contributed by atoms with E-state index in [1.165, 1.54) is 18.4 Å². The summed E-state index contributed by atoms with van der Waals surface area (Å²) in [7, 11) is 0. The zero-order valence-electron chi connectivity index (χ0n) is 8.79. The van der Waals surface area contributed by atoms with Gasteiger partial charge < -0.3 is 4.98 Å². The van der Waals surface area contributed by atoms with Crippen LogP contribution in [0.2, 0.25) is 0 Å². The Balaban J connectivity index is 2.12. The maximum Gasteiger partial charge on any atom is 0.166 e. The SMILES string of the molecule is O=Cc1cc(C#CC2=CC(Br)CCC2)c[nH]1. The van der Waals surface area contributed by atoms with Crippen LogP contribution in [0.4, 0.5) is 0 Å². The Morgan fingerprint density at radius 3 is 3.06 bits per heavy atom. The molecule has 0 bridgehead atoms. The van der Waals surface area contributed by atoms with Gasteiger partial charge in [0.25, 0.3) is 0 Å². The minimum Gasteiger partial charge on any atom is -0.358 e. The van der Waals surface area contributed by atoms with Crippen LogP contribution in [0.25, 0.3) is 0 Å². The maximum absolute atomic E-state index is 10.5. The summed E-state index contributed by atoms with van der Waals surface area (Å²) in [4.78, 5) is 13.8. The third kappa shape index (κ3) is 2.86. The second kappa shape index (κ2) is 5.18. The fourth-order valence-electron chi connectivity index (χ4n) is 1.68. The lowest BCUT2D eigenvalue weighted by molar-refractivity contribution is 0.111. The average Bonchev–Trinajstić information content (AvgIpc) is 2.74. The van der Waals surface area contributed by atoms with Crippen molar-refractivity contribution >= 4 is 22.2 Å². The van der Waals surface area contributed by atoms with Crippen molar-refractivity contribution in [2.75, 3.05) is 0 Å². The predicted octanol–water partition coefficient (Wildman–Crippen LogP) is 3.05. The maximum atomic E-state index is 10.5. The van der Waals surface area contributed by atoms with Crippen molar-refractivity contribution in [3.8, 4) is 11.8 Å². The molecule has 0 aliphatic heterocycles. The Kier molecular flexibility index (Phi) is 3.63. The molecule has 0 saturated carbocycles. The van der Waals surface area contributed by atoms with Crippen molar-refractivity contribution in [2.45, 2.75) is 24.1 Å². The van der Waals surface area contributed by atoms with E-state index in [-0.39, 0.29) is 0 Å². The summed E-state index contributed by atoms with van der Waals surface area (Å²) in [6.07, 6.45) is 8.14. The van der Waals surface area contributed by atoms with Gasteiger partial charge in [0.1, 0.15) is 0 Å². The zero-order chi connectivity index (χ0) is 11.4. The Labute approximate surface area is 103 Å². The topological polar surface area (TPSA) is 32.9 Å². The predicted molar refractivity (Wildman–Crippen MR) is 67.7 cm³/mol. The summed E-state index contributed by atoms with van der Waals surface area (Å²) in [5.41, 5.74) is 2.61. The van der Waals surface area contributed by atoms with E-state index in [1.807, 2.05) is 0 Å². The van der Waals surface area contributed by atoms with Crippen LogP contribution in [0.15, 0.2) is 23.9 Å². The molecule has 0 amide bonds. The number of allylic oxidation sites excluding steroid dienone is 2. The molecule has 0 aromatic carbocycles. The van der Waals surface area contributed by atoms with Gasteiger partial charge in [-0.1, -0.05) is 33.8 Å². The monoisotopic (exact) mass is 277 g/mol. The van der Waals surface area contributed by atoms with Crippen molar-refractivity contribution in [3.05, 3.63) is 35.2 Å². The lowest BCUT2D eigenvalue weighted by atomic mass is 10.00. The summed E-state index contributed by atoms with van der Waals surface area (Å²) in [6, 6.07) is 1.76. The van der Waals surface area contributed by atoms with E-state index in [2.05, 4.69) is 38.8 Å². The van der Waals surface area contributed by atoms with E-state index in [9.17, 15) is 4.79 Å². The second-order valence-electron chi connectivity index (χ2n) is 3.81. The molecule has 2 nitrogen and oxygen atoms in total.